The fraction of sp³-hybridized carbons (Fsp3) is 0.667. The third-order valence-electron chi connectivity index (χ3n) is 4.93. The molecule has 0 heterocycles. The van der Waals surface area contributed by atoms with E-state index in [1.54, 1.807) is 0 Å². The molecule has 2 fully saturated rings. The van der Waals surface area contributed by atoms with Gasteiger partial charge in [-0.15, -0.1) is 0 Å². The van der Waals surface area contributed by atoms with E-state index in [4.69, 9.17) is 9.47 Å². The third-order valence-corrected chi connectivity index (χ3v) is 4.93. The number of allylic oxidation sites excluding steroid dienone is 2. The summed E-state index contributed by atoms with van der Waals surface area (Å²) in [5, 5.41) is 0. The van der Waals surface area contributed by atoms with Crippen molar-refractivity contribution < 1.29 is 14.3 Å². The van der Waals surface area contributed by atoms with Crippen LogP contribution in [0.1, 0.15) is 25.7 Å². The zero-order valence-electron chi connectivity index (χ0n) is 10.3. The number of carbonyl (C=O) groups excluding carboxylic acids is 1. The Morgan fingerprint density at radius 3 is 1.61 bits per heavy atom. The molecule has 6 atom stereocenters. The first kappa shape index (κ1) is 10.7. The Morgan fingerprint density at radius 1 is 0.778 bits per heavy atom. The van der Waals surface area contributed by atoms with Crippen molar-refractivity contribution in [3.05, 3.63) is 24.3 Å². The number of fused-ring (bicyclic) bond motifs is 4. The summed E-state index contributed by atoms with van der Waals surface area (Å²) in [7, 11) is 0. The first-order chi connectivity index (χ1) is 8.78. The fourth-order valence-corrected chi connectivity index (χ4v) is 4.01. The van der Waals surface area contributed by atoms with Gasteiger partial charge in [-0.25, -0.2) is 4.79 Å². The Labute approximate surface area is 107 Å². The highest BCUT2D eigenvalue weighted by Crippen LogP contribution is 2.42. The second-order valence-corrected chi connectivity index (χ2v) is 6.12. The predicted molar refractivity (Wildman–Crippen MR) is 65.9 cm³/mol. The van der Waals surface area contributed by atoms with Crippen LogP contribution in [0.3, 0.4) is 0 Å². The number of ether oxygens (including phenoxy) is 2. The van der Waals surface area contributed by atoms with Gasteiger partial charge < -0.3 is 9.47 Å². The number of carbonyl (C=O) groups is 1. The lowest BCUT2D eigenvalue weighted by molar-refractivity contribution is -0.0139. The summed E-state index contributed by atoms with van der Waals surface area (Å²) in [6.45, 7) is 0. The van der Waals surface area contributed by atoms with Crippen molar-refractivity contribution in [2.45, 2.75) is 37.9 Å². The molecule has 0 aliphatic heterocycles. The first-order valence-electron chi connectivity index (χ1n) is 7.02. The van der Waals surface area contributed by atoms with E-state index < -0.39 is 6.16 Å². The van der Waals surface area contributed by atoms with Crippen LogP contribution >= 0.6 is 0 Å². The zero-order valence-corrected chi connectivity index (χ0v) is 10.3. The van der Waals surface area contributed by atoms with Gasteiger partial charge in [0.25, 0.3) is 0 Å². The summed E-state index contributed by atoms with van der Waals surface area (Å²) in [6, 6.07) is 0. The van der Waals surface area contributed by atoms with E-state index in [0.717, 1.165) is 25.7 Å². The summed E-state index contributed by atoms with van der Waals surface area (Å²) < 4.78 is 11.0. The quantitative estimate of drug-likeness (QED) is 0.555. The molecule has 4 aliphatic rings. The van der Waals surface area contributed by atoms with Crippen LogP contribution in [0.2, 0.25) is 0 Å². The topological polar surface area (TPSA) is 35.5 Å². The standard InChI is InChI=1S/C15H18O3/c16-15(17-13-7-9-1-3-11(13)5-9)18-14-8-10-2-4-12(14)6-10/h1-4,9-14H,5-8H2/t9-,10?,11?,12?,13?,14?/m0/s1. The summed E-state index contributed by atoms with van der Waals surface area (Å²) in [6.07, 6.45) is 12.8. The molecule has 0 saturated heterocycles. The van der Waals surface area contributed by atoms with Crippen molar-refractivity contribution in [1.29, 1.82) is 0 Å². The molecule has 4 aliphatic carbocycles. The van der Waals surface area contributed by atoms with Gasteiger partial charge in [-0.05, 0) is 37.5 Å². The van der Waals surface area contributed by atoms with Crippen LogP contribution in [-0.4, -0.2) is 18.4 Å². The Balaban J connectivity index is 1.32. The lowest BCUT2D eigenvalue weighted by Gasteiger charge is -2.22. The molecule has 0 aromatic rings. The molecule has 4 rings (SSSR count). The molecule has 18 heavy (non-hydrogen) atoms. The maximum absolute atomic E-state index is 11.8. The molecule has 0 amide bonds. The Kier molecular flexibility index (Phi) is 2.29. The van der Waals surface area contributed by atoms with Crippen molar-refractivity contribution in [2.24, 2.45) is 23.7 Å². The van der Waals surface area contributed by atoms with Crippen LogP contribution in [0.15, 0.2) is 24.3 Å². The Morgan fingerprint density at radius 2 is 1.28 bits per heavy atom. The molecule has 0 radical (unpaired) electrons. The minimum absolute atomic E-state index is 0.0571. The molecule has 0 aromatic carbocycles. The van der Waals surface area contributed by atoms with E-state index in [1.165, 1.54) is 0 Å². The van der Waals surface area contributed by atoms with Gasteiger partial charge >= 0.3 is 6.16 Å². The van der Waals surface area contributed by atoms with Gasteiger partial charge in [0.05, 0.1) is 0 Å². The average molecular weight is 246 g/mol. The first-order valence-corrected chi connectivity index (χ1v) is 7.02. The summed E-state index contributed by atoms with van der Waals surface area (Å²) >= 11 is 0. The maximum atomic E-state index is 11.8. The highest BCUT2D eigenvalue weighted by molar-refractivity contribution is 5.60. The van der Waals surface area contributed by atoms with Gasteiger partial charge in [-0.3, -0.25) is 0 Å². The minimum Gasteiger partial charge on any atom is -0.430 e. The molecule has 3 nitrogen and oxygen atoms in total. The molecule has 96 valence electrons. The van der Waals surface area contributed by atoms with Crippen LogP contribution in [-0.2, 0) is 9.47 Å². The lowest BCUT2D eigenvalue weighted by Crippen LogP contribution is -2.28. The number of hydrogen-bond acceptors (Lipinski definition) is 3. The second-order valence-electron chi connectivity index (χ2n) is 6.12. The molecule has 2 saturated carbocycles. The van der Waals surface area contributed by atoms with Crippen LogP contribution in [0, 0.1) is 23.7 Å². The maximum Gasteiger partial charge on any atom is 0.508 e. The van der Waals surface area contributed by atoms with E-state index in [2.05, 4.69) is 24.3 Å². The highest BCUT2D eigenvalue weighted by atomic mass is 16.7. The number of rotatable bonds is 2. The van der Waals surface area contributed by atoms with E-state index in [-0.39, 0.29) is 12.2 Å². The Hall–Kier alpha value is -1.25. The molecule has 0 spiro atoms. The fourth-order valence-electron chi connectivity index (χ4n) is 4.01. The van der Waals surface area contributed by atoms with E-state index in [1.807, 2.05) is 0 Å². The second kappa shape index (κ2) is 3.87. The summed E-state index contributed by atoms with van der Waals surface area (Å²) in [5.74, 6) is 2.11. The predicted octanol–water partition coefficient (Wildman–Crippen LogP) is 3.07. The van der Waals surface area contributed by atoms with Crippen molar-refractivity contribution in [1.82, 2.24) is 0 Å². The van der Waals surface area contributed by atoms with Gasteiger partial charge in [0.15, 0.2) is 0 Å². The Bertz CT molecular complexity index is 387. The number of hydrogen-bond donors (Lipinski definition) is 0. The minimum atomic E-state index is -0.452. The largest absolute Gasteiger partial charge is 0.508 e. The molecule has 0 aromatic heterocycles. The zero-order chi connectivity index (χ0) is 12.1. The van der Waals surface area contributed by atoms with Gasteiger partial charge in [-0.2, -0.15) is 0 Å². The van der Waals surface area contributed by atoms with Crippen molar-refractivity contribution >= 4 is 6.16 Å². The van der Waals surface area contributed by atoms with Crippen LogP contribution < -0.4 is 0 Å². The molecular weight excluding hydrogens is 228 g/mol. The van der Waals surface area contributed by atoms with Gasteiger partial charge in [0.1, 0.15) is 12.2 Å². The SMILES string of the molecule is O=C(OC1CC2C=CC1C2)OC1C[C@H]2C=CC1C2. The molecule has 0 N–H and O–H groups in total. The molecule has 5 unspecified atom stereocenters. The average Bonchev–Trinajstić information content (AvgIpc) is 3.08. The lowest BCUT2D eigenvalue weighted by atomic mass is 10.0. The van der Waals surface area contributed by atoms with E-state index in [9.17, 15) is 4.79 Å². The van der Waals surface area contributed by atoms with Gasteiger partial charge in [-0.1, -0.05) is 24.3 Å². The smallest absolute Gasteiger partial charge is 0.430 e. The van der Waals surface area contributed by atoms with Gasteiger partial charge in [0, 0.05) is 11.8 Å². The summed E-state index contributed by atoms with van der Waals surface area (Å²) in [5.41, 5.74) is 0. The van der Waals surface area contributed by atoms with Crippen molar-refractivity contribution in [3.8, 4) is 0 Å². The van der Waals surface area contributed by atoms with E-state index >= 15 is 0 Å². The molecular formula is C15H18O3. The van der Waals surface area contributed by atoms with Crippen LogP contribution in [0.4, 0.5) is 4.79 Å². The van der Waals surface area contributed by atoms with Crippen LogP contribution in [0.5, 0.6) is 0 Å². The van der Waals surface area contributed by atoms with Crippen molar-refractivity contribution in [2.75, 3.05) is 0 Å². The van der Waals surface area contributed by atoms with E-state index in [0.29, 0.717) is 23.7 Å². The van der Waals surface area contributed by atoms with Gasteiger partial charge in [0.2, 0.25) is 0 Å². The third kappa shape index (κ3) is 1.68. The van der Waals surface area contributed by atoms with Crippen molar-refractivity contribution in [3.63, 3.8) is 0 Å². The normalized spacial score (nSPS) is 46.9. The summed E-state index contributed by atoms with van der Waals surface area (Å²) in [4.78, 5) is 11.8. The molecule has 4 bridgehead atoms. The highest BCUT2D eigenvalue weighted by Gasteiger charge is 2.41. The monoisotopic (exact) mass is 246 g/mol. The molecule has 3 heteroatoms. The van der Waals surface area contributed by atoms with Crippen LogP contribution in [0.25, 0.3) is 0 Å².